The molecule has 0 heterocycles. The van der Waals surface area contributed by atoms with Crippen LogP contribution in [0.4, 0.5) is 4.79 Å². The first-order valence-corrected chi connectivity index (χ1v) is 6.00. The zero-order valence-electron chi connectivity index (χ0n) is 10.9. The SMILES string of the molecule is COC(=O)NNC(=O)c1ccc(-c2ccccc2)cc1. The van der Waals surface area contributed by atoms with E-state index in [0.717, 1.165) is 11.1 Å². The van der Waals surface area contributed by atoms with E-state index in [0.29, 0.717) is 5.56 Å². The number of methoxy groups -OCH3 is 1. The molecule has 0 spiro atoms. The molecule has 5 heteroatoms. The molecule has 102 valence electrons. The van der Waals surface area contributed by atoms with Gasteiger partial charge in [-0.05, 0) is 23.3 Å². The van der Waals surface area contributed by atoms with Gasteiger partial charge in [-0.3, -0.25) is 10.2 Å². The van der Waals surface area contributed by atoms with Gasteiger partial charge < -0.3 is 4.74 Å². The summed E-state index contributed by atoms with van der Waals surface area (Å²) >= 11 is 0. The van der Waals surface area contributed by atoms with E-state index in [2.05, 4.69) is 15.6 Å². The Labute approximate surface area is 116 Å². The zero-order valence-corrected chi connectivity index (χ0v) is 10.9. The van der Waals surface area contributed by atoms with Gasteiger partial charge in [0.25, 0.3) is 5.91 Å². The molecule has 0 aliphatic rings. The Morgan fingerprint density at radius 2 is 1.45 bits per heavy atom. The van der Waals surface area contributed by atoms with Gasteiger partial charge in [0.15, 0.2) is 0 Å². The van der Waals surface area contributed by atoms with Crippen LogP contribution < -0.4 is 10.9 Å². The number of hydrazine groups is 1. The molecule has 0 aliphatic heterocycles. The number of ether oxygens (including phenoxy) is 1. The number of benzene rings is 2. The third-order valence-electron chi connectivity index (χ3n) is 2.72. The van der Waals surface area contributed by atoms with E-state index in [4.69, 9.17) is 0 Å². The van der Waals surface area contributed by atoms with Crippen LogP contribution in [-0.4, -0.2) is 19.1 Å². The molecule has 0 radical (unpaired) electrons. The van der Waals surface area contributed by atoms with Crippen LogP contribution in [0.2, 0.25) is 0 Å². The fourth-order valence-electron chi connectivity index (χ4n) is 1.68. The quantitative estimate of drug-likeness (QED) is 0.823. The van der Waals surface area contributed by atoms with Crippen LogP contribution in [0.25, 0.3) is 11.1 Å². The Hall–Kier alpha value is -2.82. The predicted octanol–water partition coefficient (Wildman–Crippen LogP) is 2.35. The average Bonchev–Trinajstić information content (AvgIpc) is 2.53. The van der Waals surface area contributed by atoms with Crippen LogP contribution in [0.15, 0.2) is 54.6 Å². The van der Waals surface area contributed by atoms with E-state index in [1.54, 1.807) is 12.1 Å². The molecule has 0 unspecified atom stereocenters. The lowest BCUT2D eigenvalue weighted by Gasteiger charge is -2.07. The standard InChI is InChI=1S/C15H14N2O3/c1-20-15(19)17-16-14(18)13-9-7-12(8-10-13)11-5-3-2-4-6-11/h2-10H,1H3,(H,16,18)(H,17,19). The van der Waals surface area contributed by atoms with Gasteiger partial charge in [0.2, 0.25) is 0 Å². The topological polar surface area (TPSA) is 67.4 Å². The average molecular weight is 270 g/mol. The van der Waals surface area contributed by atoms with Gasteiger partial charge >= 0.3 is 6.09 Å². The largest absolute Gasteiger partial charge is 0.452 e. The monoisotopic (exact) mass is 270 g/mol. The molecule has 0 aromatic heterocycles. The lowest BCUT2D eigenvalue weighted by Crippen LogP contribution is -2.41. The van der Waals surface area contributed by atoms with Gasteiger partial charge in [-0.1, -0.05) is 42.5 Å². The fourth-order valence-corrected chi connectivity index (χ4v) is 1.68. The maximum absolute atomic E-state index is 11.7. The summed E-state index contributed by atoms with van der Waals surface area (Å²) in [6, 6.07) is 16.9. The molecule has 5 nitrogen and oxygen atoms in total. The molecule has 20 heavy (non-hydrogen) atoms. The lowest BCUT2D eigenvalue weighted by atomic mass is 10.0. The number of carbonyl (C=O) groups excluding carboxylic acids is 2. The maximum Gasteiger partial charge on any atom is 0.425 e. The highest BCUT2D eigenvalue weighted by molar-refractivity contribution is 5.95. The van der Waals surface area contributed by atoms with E-state index in [1.807, 2.05) is 42.5 Å². The molecular formula is C15H14N2O3. The smallest absolute Gasteiger partial charge is 0.425 e. The zero-order chi connectivity index (χ0) is 14.4. The van der Waals surface area contributed by atoms with Gasteiger partial charge in [0, 0.05) is 5.56 Å². The van der Waals surface area contributed by atoms with Crippen LogP contribution in [0.5, 0.6) is 0 Å². The summed E-state index contributed by atoms with van der Waals surface area (Å²) in [5, 5.41) is 0. The molecule has 2 N–H and O–H groups in total. The van der Waals surface area contributed by atoms with Crippen molar-refractivity contribution in [3.8, 4) is 11.1 Å². The Balaban J connectivity index is 2.05. The van der Waals surface area contributed by atoms with Crippen LogP contribution in [-0.2, 0) is 4.74 Å². The van der Waals surface area contributed by atoms with Crippen LogP contribution >= 0.6 is 0 Å². The van der Waals surface area contributed by atoms with E-state index >= 15 is 0 Å². The summed E-state index contributed by atoms with van der Waals surface area (Å²) in [6.45, 7) is 0. The minimum Gasteiger partial charge on any atom is -0.452 e. The van der Waals surface area contributed by atoms with E-state index in [9.17, 15) is 9.59 Å². The van der Waals surface area contributed by atoms with Crippen molar-refractivity contribution in [3.63, 3.8) is 0 Å². The molecule has 2 aromatic carbocycles. The van der Waals surface area contributed by atoms with E-state index in [1.165, 1.54) is 7.11 Å². The van der Waals surface area contributed by atoms with Crippen molar-refractivity contribution < 1.29 is 14.3 Å². The van der Waals surface area contributed by atoms with Gasteiger partial charge in [-0.25, -0.2) is 10.2 Å². The molecule has 0 aliphatic carbocycles. The number of rotatable bonds is 2. The molecule has 0 bridgehead atoms. The lowest BCUT2D eigenvalue weighted by molar-refractivity contribution is 0.0920. The second-order valence-corrected chi connectivity index (χ2v) is 4.01. The van der Waals surface area contributed by atoms with Gasteiger partial charge in [-0.2, -0.15) is 0 Å². The minimum absolute atomic E-state index is 0.407. The van der Waals surface area contributed by atoms with Crippen molar-refractivity contribution in [3.05, 3.63) is 60.2 Å². The summed E-state index contributed by atoms with van der Waals surface area (Å²) in [6.07, 6.45) is -0.723. The first-order valence-electron chi connectivity index (χ1n) is 6.00. The first-order chi connectivity index (χ1) is 9.70. The molecule has 0 atom stereocenters. The summed E-state index contributed by atoms with van der Waals surface area (Å²) in [4.78, 5) is 22.6. The van der Waals surface area contributed by atoms with Crippen molar-refractivity contribution in [1.82, 2.24) is 10.9 Å². The second kappa shape index (κ2) is 6.38. The van der Waals surface area contributed by atoms with Crippen molar-refractivity contribution in [2.24, 2.45) is 0 Å². The predicted molar refractivity (Wildman–Crippen MR) is 74.9 cm³/mol. The maximum atomic E-state index is 11.7. The van der Waals surface area contributed by atoms with Crippen molar-refractivity contribution in [1.29, 1.82) is 0 Å². The minimum atomic E-state index is -0.723. The number of nitrogens with one attached hydrogen (secondary N) is 2. The fraction of sp³-hybridized carbons (Fsp3) is 0.0667. The highest BCUT2D eigenvalue weighted by Crippen LogP contribution is 2.19. The van der Waals surface area contributed by atoms with Crippen LogP contribution in [0.3, 0.4) is 0 Å². The Bertz CT molecular complexity index is 594. The molecule has 2 rings (SSSR count). The van der Waals surface area contributed by atoms with Gasteiger partial charge in [0.05, 0.1) is 7.11 Å². The van der Waals surface area contributed by atoms with Crippen LogP contribution in [0, 0.1) is 0 Å². The summed E-state index contributed by atoms with van der Waals surface area (Å²) in [5.41, 5.74) is 6.90. The second-order valence-electron chi connectivity index (χ2n) is 4.01. The first kappa shape index (κ1) is 13.6. The highest BCUT2D eigenvalue weighted by atomic mass is 16.5. The summed E-state index contributed by atoms with van der Waals surface area (Å²) in [7, 11) is 1.22. The highest BCUT2D eigenvalue weighted by Gasteiger charge is 2.07. The molecule has 2 amide bonds. The van der Waals surface area contributed by atoms with Gasteiger partial charge in [-0.15, -0.1) is 0 Å². The summed E-state index contributed by atoms with van der Waals surface area (Å²) < 4.78 is 4.35. The number of carbonyl (C=O) groups is 2. The van der Waals surface area contributed by atoms with E-state index in [-0.39, 0.29) is 0 Å². The molecular weight excluding hydrogens is 256 g/mol. The molecule has 0 saturated carbocycles. The number of hydrogen-bond acceptors (Lipinski definition) is 3. The molecule has 0 fully saturated rings. The summed E-state index contributed by atoms with van der Waals surface area (Å²) in [5.74, 6) is -0.407. The van der Waals surface area contributed by atoms with E-state index < -0.39 is 12.0 Å². The Morgan fingerprint density at radius 1 is 0.850 bits per heavy atom. The third kappa shape index (κ3) is 3.35. The normalized spacial score (nSPS) is 9.65. The van der Waals surface area contributed by atoms with Crippen molar-refractivity contribution >= 4 is 12.0 Å². The van der Waals surface area contributed by atoms with Crippen LogP contribution in [0.1, 0.15) is 10.4 Å². The number of hydrogen-bond donors (Lipinski definition) is 2. The third-order valence-corrected chi connectivity index (χ3v) is 2.72. The molecule has 2 aromatic rings. The van der Waals surface area contributed by atoms with Gasteiger partial charge in [0.1, 0.15) is 0 Å². The van der Waals surface area contributed by atoms with Crippen molar-refractivity contribution in [2.75, 3.05) is 7.11 Å². The number of amides is 2. The van der Waals surface area contributed by atoms with Crippen molar-refractivity contribution in [2.45, 2.75) is 0 Å². The molecule has 0 saturated heterocycles. The Kier molecular flexibility index (Phi) is 4.34. The Morgan fingerprint density at radius 3 is 2.05 bits per heavy atom.